The molecule has 0 spiro atoms. The van der Waals surface area contributed by atoms with Gasteiger partial charge in [-0.05, 0) is 42.3 Å². The van der Waals surface area contributed by atoms with Crippen molar-refractivity contribution in [3.05, 3.63) is 70.7 Å². The summed E-state index contributed by atoms with van der Waals surface area (Å²) in [6.07, 6.45) is 0. The van der Waals surface area contributed by atoms with Crippen LogP contribution in [0.1, 0.15) is 24.1 Å². The molecule has 1 atom stereocenters. The first-order valence-electron chi connectivity index (χ1n) is 6.80. The highest BCUT2D eigenvalue weighted by Gasteiger charge is 2.13. The summed E-state index contributed by atoms with van der Waals surface area (Å²) in [6, 6.07) is 14.3. The predicted octanol–water partition coefficient (Wildman–Crippen LogP) is 5.08. The number of hydrogen-bond donors (Lipinski definition) is 1. The number of nitrogens with one attached hydrogen (secondary N) is 1. The lowest BCUT2D eigenvalue weighted by molar-refractivity contribution is 0.556. The molecule has 2 aromatic carbocycles. The predicted molar refractivity (Wildman–Crippen MR) is 82.9 cm³/mol. The third-order valence-electron chi connectivity index (χ3n) is 3.58. The van der Waals surface area contributed by atoms with Gasteiger partial charge in [-0.25, -0.2) is 4.39 Å². The van der Waals surface area contributed by atoms with Crippen LogP contribution >= 0.6 is 11.6 Å². The Morgan fingerprint density at radius 1 is 1.19 bits per heavy atom. The Morgan fingerprint density at radius 2 is 2.00 bits per heavy atom. The van der Waals surface area contributed by atoms with Gasteiger partial charge in [-0.2, -0.15) is 0 Å². The monoisotopic (exact) mass is 303 g/mol. The number of hydrogen-bond acceptors (Lipinski definition) is 2. The standard InChI is InChI=1S/C17H15ClFNO/c1-11(12-5-4-6-13(19)9-12)20-10-15-14-7-2-3-8-16(14)21-17(15)18/h2-9,11,20H,10H2,1H3/t11-/m1/s1. The van der Waals surface area contributed by atoms with Crippen molar-refractivity contribution in [1.82, 2.24) is 5.32 Å². The molecule has 1 heterocycles. The molecule has 21 heavy (non-hydrogen) atoms. The van der Waals surface area contributed by atoms with E-state index in [1.807, 2.05) is 37.3 Å². The van der Waals surface area contributed by atoms with Gasteiger partial charge in [-0.1, -0.05) is 30.3 Å². The summed E-state index contributed by atoms with van der Waals surface area (Å²) in [5, 5.41) is 4.75. The Morgan fingerprint density at radius 3 is 2.81 bits per heavy atom. The van der Waals surface area contributed by atoms with Crippen molar-refractivity contribution < 1.29 is 8.81 Å². The molecule has 1 N–H and O–H groups in total. The zero-order valence-electron chi connectivity index (χ0n) is 11.6. The molecule has 0 radical (unpaired) electrons. The maximum atomic E-state index is 13.2. The van der Waals surface area contributed by atoms with Crippen LogP contribution in [0, 0.1) is 5.82 Å². The van der Waals surface area contributed by atoms with Crippen molar-refractivity contribution in [3.63, 3.8) is 0 Å². The minimum absolute atomic E-state index is 0.0189. The van der Waals surface area contributed by atoms with Gasteiger partial charge >= 0.3 is 0 Å². The molecular weight excluding hydrogens is 289 g/mol. The van der Waals surface area contributed by atoms with E-state index in [0.717, 1.165) is 22.1 Å². The van der Waals surface area contributed by atoms with Crippen molar-refractivity contribution in [2.24, 2.45) is 0 Å². The fourth-order valence-electron chi connectivity index (χ4n) is 2.38. The number of para-hydroxylation sites is 1. The second kappa shape index (κ2) is 5.88. The van der Waals surface area contributed by atoms with Crippen LogP contribution in [-0.2, 0) is 6.54 Å². The smallest absolute Gasteiger partial charge is 0.199 e. The van der Waals surface area contributed by atoms with E-state index < -0.39 is 0 Å². The highest BCUT2D eigenvalue weighted by molar-refractivity contribution is 6.30. The normalized spacial score (nSPS) is 12.7. The molecule has 108 valence electrons. The minimum atomic E-state index is -0.229. The van der Waals surface area contributed by atoms with Crippen molar-refractivity contribution in [3.8, 4) is 0 Å². The number of rotatable bonds is 4. The topological polar surface area (TPSA) is 25.2 Å². The summed E-state index contributed by atoms with van der Waals surface area (Å²) in [5.41, 5.74) is 2.60. The first-order chi connectivity index (χ1) is 10.1. The number of benzene rings is 2. The van der Waals surface area contributed by atoms with E-state index >= 15 is 0 Å². The largest absolute Gasteiger partial charge is 0.444 e. The Balaban J connectivity index is 1.79. The summed E-state index contributed by atoms with van der Waals surface area (Å²) < 4.78 is 18.8. The van der Waals surface area contributed by atoms with Crippen molar-refractivity contribution in [2.75, 3.05) is 0 Å². The van der Waals surface area contributed by atoms with Gasteiger partial charge in [-0.15, -0.1) is 0 Å². The van der Waals surface area contributed by atoms with Crippen LogP contribution in [0.5, 0.6) is 0 Å². The van der Waals surface area contributed by atoms with Gasteiger partial charge < -0.3 is 9.73 Å². The van der Waals surface area contributed by atoms with Crippen molar-refractivity contribution in [1.29, 1.82) is 0 Å². The lowest BCUT2D eigenvalue weighted by atomic mass is 10.1. The molecule has 0 aliphatic heterocycles. The fourth-order valence-corrected chi connectivity index (χ4v) is 2.63. The van der Waals surface area contributed by atoms with Crippen molar-refractivity contribution >= 4 is 22.6 Å². The Hall–Kier alpha value is -1.84. The number of furan rings is 1. The molecule has 0 amide bonds. The quantitative estimate of drug-likeness (QED) is 0.727. The minimum Gasteiger partial charge on any atom is -0.444 e. The molecule has 0 saturated heterocycles. The fraction of sp³-hybridized carbons (Fsp3) is 0.176. The molecule has 0 aliphatic rings. The molecule has 0 unspecified atom stereocenters. The third kappa shape index (κ3) is 2.94. The van der Waals surface area contributed by atoms with E-state index in [-0.39, 0.29) is 11.9 Å². The number of fused-ring (bicyclic) bond motifs is 1. The first-order valence-corrected chi connectivity index (χ1v) is 7.17. The molecule has 0 bridgehead atoms. The average Bonchev–Trinajstić information content (AvgIpc) is 2.80. The summed E-state index contributed by atoms with van der Waals surface area (Å²) in [5.74, 6) is -0.229. The molecule has 0 aliphatic carbocycles. The maximum absolute atomic E-state index is 13.2. The molecule has 3 rings (SSSR count). The SMILES string of the molecule is C[C@@H](NCc1c(Cl)oc2ccccc12)c1cccc(F)c1. The van der Waals surface area contributed by atoms with Crippen LogP contribution < -0.4 is 5.32 Å². The van der Waals surface area contributed by atoms with Crippen molar-refractivity contribution in [2.45, 2.75) is 19.5 Å². The van der Waals surface area contributed by atoms with Gasteiger partial charge in [0.05, 0.1) is 0 Å². The van der Waals surface area contributed by atoms with Crippen LogP contribution in [0.3, 0.4) is 0 Å². The van der Waals surface area contributed by atoms with Crippen LogP contribution in [0.2, 0.25) is 5.22 Å². The third-order valence-corrected chi connectivity index (χ3v) is 3.89. The number of halogens is 2. The molecule has 0 saturated carbocycles. The first kappa shape index (κ1) is 14.1. The maximum Gasteiger partial charge on any atom is 0.199 e. The summed E-state index contributed by atoms with van der Waals surface area (Å²) in [6.45, 7) is 2.55. The Bertz CT molecular complexity index is 768. The van der Waals surface area contributed by atoms with Crippen LogP contribution in [0.15, 0.2) is 52.9 Å². The molecule has 3 aromatic rings. The zero-order chi connectivity index (χ0) is 14.8. The van der Waals surface area contributed by atoms with Gasteiger partial charge in [0.25, 0.3) is 0 Å². The second-order valence-electron chi connectivity index (χ2n) is 5.01. The van der Waals surface area contributed by atoms with Gasteiger partial charge in [0.15, 0.2) is 5.22 Å². The summed E-state index contributed by atoms with van der Waals surface area (Å²) in [7, 11) is 0. The van der Waals surface area contributed by atoms with E-state index in [2.05, 4.69) is 5.32 Å². The van der Waals surface area contributed by atoms with Crippen LogP contribution in [0.25, 0.3) is 11.0 Å². The van der Waals surface area contributed by atoms with Gasteiger partial charge in [0, 0.05) is 23.5 Å². The highest BCUT2D eigenvalue weighted by atomic mass is 35.5. The second-order valence-corrected chi connectivity index (χ2v) is 5.35. The van der Waals surface area contributed by atoms with E-state index in [1.165, 1.54) is 12.1 Å². The summed E-state index contributed by atoms with van der Waals surface area (Å²) in [4.78, 5) is 0. The van der Waals surface area contributed by atoms with E-state index in [4.69, 9.17) is 16.0 Å². The Labute approximate surface area is 127 Å². The van der Waals surface area contributed by atoms with E-state index in [0.29, 0.717) is 11.8 Å². The highest BCUT2D eigenvalue weighted by Crippen LogP contribution is 2.29. The van der Waals surface area contributed by atoms with Gasteiger partial charge in [0.2, 0.25) is 0 Å². The molecule has 2 nitrogen and oxygen atoms in total. The van der Waals surface area contributed by atoms with Gasteiger partial charge in [-0.3, -0.25) is 0 Å². The van der Waals surface area contributed by atoms with Crippen LogP contribution in [0.4, 0.5) is 4.39 Å². The lowest BCUT2D eigenvalue weighted by Gasteiger charge is -2.14. The van der Waals surface area contributed by atoms with E-state index in [9.17, 15) is 4.39 Å². The molecular formula is C17H15ClFNO. The van der Waals surface area contributed by atoms with Crippen LogP contribution in [-0.4, -0.2) is 0 Å². The molecule has 0 fully saturated rings. The Kier molecular flexibility index (Phi) is 3.95. The zero-order valence-corrected chi connectivity index (χ0v) is 12.3. The van der Waals surface area contributed by atoms with E-state index in [1.54, 1.807) is 6.07 Å². The molecule has 4 heteroatoms. The van der Waals surface area contributed by atoms with Gasteiger partial charge in [0.1, 0.15) is 11.4 Å². The molecule has 1 aromatic heterocycles. The average molecular weight is 304 g/mol. The summed E-state index contributed by atoms with van der Waals surface area (Å²) >= 11 is 6.16. The lowest BCUT2D eigenvalue weighted by Crippen LogP contribution is -2.18.